The average molecular weight is 650 g/mol. The Labute approximate surface area is 266 Å². The zero-order valence-corrected chi connectivity index (χ0v) is 25.2. The highest BCUT2D eigenvalue weighted by Gasteiger charge is 2.63. The fourth-order valence-electron chi connectivity index (χ4n) is 6.87. The number of carbonyl (C=O) groups excluding carboxylic acids is 4. The standard InChI is InChI=1S/C33H20Cl4N2O4/c34-16-9-11-22(24(36)13-16)26(40)15-38(31(41)23-12-10-17(35)14-25(23)37)39-32(42)29-27-18-5-1-2-6-19(18)28(30(29)33(39)43)21-8-4-3-7-20(21)27/h1-14,27-30H,15H2/t27?,28?,29-,30-/m1/s1. The molecule has 10 heteroatoms. The van der Waals surface area contributed by atoms with Crippen molar-refractivity contribution in [2.45, 2.75) is 11.8 Å². The third-order valence-electron chi connectivity index (χ3n) is 8.59. The Kier molecular flexibility index (Phi) is 6.86. The quantitative estimate of drug-likeness (QED) is 0.166. The number of hydrogen-bond donors (Lipinski definition) is 0. The number of ketones is 1. The first-order valence-corrected chi connectivity index (χ1v) is 15.0. The van der Waals surface area contributed by atoms with Gasteiger partial charge in [0.25, 0.3) is 17.7 Å². The minimum Gasteiger partial charge on any atom is -0.292 e. The van der Waals surface area contributed by atoms with E-state index in [1.54, 1.807) is 0 Å². The van der Waals surface area contributed by atoms with E-state index in [9.17, 15) is 19.2 Å². The third kappa shape index (κ3) is 4.31. The Morgan fingerprint density at radius 3 is 1.47 bits per heavy atom. The van der Waals surface area contributed by atoms with E-state index in [1.165, 1.54) is 36.4 Å². The molecule has 1 saturated heterocycles. The van der Waals surface area contributed by atoms with Gasteiger partial charge in [0.05, 0.1) is 27.4 Å². The molecule has 0 radical (unpaired) electrons. The normalized spacial score (nSPS) is 21.3. The van der Waals surface area contributed by atoms with E-state index in [0.717, 1.165) is 32.3 Å². The number of nitrogens with zero attached hydrogens (tertiary/aromatic N) is 2. The van der Waals surface area contributed by atoms with Crippen LogP contribution in [0.5, 0.6) is 0 Å². The predicted molar refractivity (Wildman–Crippen MR) is 164 cm³/mol. The molecule has 4 aromatic carbocycles. The molecule has 3 amide bonds. The van der Waals surface area contributed by atoms with Gasteiger partial charge in [-0.3, -0.25) is 19.2 Å². The first-order chi connectivity index (χ1) is 20.7. The maximum absolute atomic E-state index is 14.4. The van der Waals surface area contributed by atoms with Gasteiger partial charge >= 0.3 is 0 Å². The van der Waals surface area contributed by atoms with Crippen LogP contribution in [-0.2, 0) is 9.59 Å². The molecule has 1 aliphatic heterocycles. The van der Waals surface area contributed by atoms with E-state index in [2.05, 4.69) is 0 Å². The number of imide groups is 1. The van der Waals surface area contributed by atoms with Crippen LogP contribution in [-0.4, -0.2) is 40.1 Å². The van der Waals surface area contributed by atoms with Crippen LogP contribution in [0, 0.1) is 11.8 Å². The topological polar surface area (TPSA) is 74.8 Å². The van der Waals surface area contributed by atoms with Crippen molar-refractivity contribution in [2.75, 3.05) is 6.54 Å². The molecule has 4 aromatic rings. The fraction of sp³-hybridized carbons (Fsp3) is 0.152. The van der Waals surface area contributed by atoms with Crippen molar-refractivity contribution in [1.82, 2.24) is 10.0 Å². The lowest BCUT2D eigenvalue weighted by molar-refractivity contribution is -0.154. The highest BCUT2D eigenvalue weighted by Crippen LogP contribution is 2.61. The van der Waals surface area contributed by atoms with Gasteiger partial charge in [-0.15, -0.1) is 0 Å². The van der Waals surface area contributed by atoms with E-state index in [1.807, 2.05) is 48.5 Å². The molecule has 0 saturated carbocycles. The molecule has 1 heterocycles. The SMILES string of the molecule is O=C(CN(C(=O)c1ccc(Cl)cc1Cl)N1C(=O)[C@@H]2C3c4ccccc4C(c4ccccc43)[C@H]2C1=O)c1ccc(Cl)cc1Cl. The summed E-state index contributed by atoms with van der Waals surface area (Å²) in [7, 11) is 0. The Morgan fingerprint density at radius 2 is 1.05 bits per heavy atom. The van der Waals surface area contributed by atoms with Gasteiger partial charge in [0, 0.05) is 27.4 Å². The molecule has 0 N–H and O–H groups in total. The molecule has 2 atom stereocenters. The summed E-state index contributed by atoms with van der Waals surface area (Å²) >= 11 is 24.8. The highest BCUT2D eigenvalue weighted by molar-refractivity contribution is 6.37. The third-order valence-corrected chi connectivity index (χ3v) is 9.68. The number of hydrazine groups is 1. The predicted octanol–water partition coefficient (Wildman–Crippen LogP) is 7.43. The van der Waals surface area contributed by atoms with Gasteiger partial charge in [-0.05, 0) is 58.7 Å². The lowest BCUT2D eigenvalue weighted by atomic mass is 9.55. The first-order valence-electron chi connectivity index (χ1n) is 13.5. The van der Waals surface area contributed by atoms with Crippen molar-refractivity contribution in [3.63, 3.8) is 0 Å². The number of amides is 3. The highest BCUT2D eigenvalue weighted by atomic mass is 35.5. The summed E-state index contributed by atoms with van der Waals surface area (Å²) in [6.07, 6.45) is 0. The van der Waals surface area contributed by atoms with Crippen molar-refractivity contribution in [3.05, 3.63) is 138 Å². The number of rotatable bonds is 5. The smallest absolute Gasteiger partial charge is 0.274 e. The van der Waals surface area contributed by atoms with Crippen LogP contribution in [0.3, 0.4) is 0 Å². The van der Waals surface area contributed by atoms with Crippen molar-refractivity contribution in [3.8, 4) is 0 Å². The van der Waals surface area contributed by atoms with E-state index in [0.29, 0.717) is 10.0 Å². The minimum absolute atomic E-state index is 0.0101. The molecule has 4 aliphatic rings. The average Bonchev–Trinajstić information content (AvgIpc) is 3.25. The van der Waals surface area contributed by atoms with Crippen molar-refractivity contribution in [2.24, 2.45) is 11.8 Å². The second-order valence-corrected chi connectivity index (χ2v) is 12.5. The van der Waals surface area contributed by atoms with Gasteiger partial charge < -0.3 is 0 Å². The van der Waals surface area contributed by atoms with Crippen LogP contribution < -0.4 is 0 Å². The zero-order valence-electron chi connectivity index (χ0n) is 22.1. The van der Waals surface area contributed by atoms with Crippen molar-refractivity contribution in [1.29, 1.82) is 0 Å². The van der Waals surface area contributed by atoms with Gasteiger partial charge in [0.1, 0.15) is 6.54 Å². The van der Waals surface area contributed by atoms with E-state index in [-0.39, 0.29) is 33.0 Å². The summed E-state index contributed by atoms with van der Waals surface area (Å²) < 4.78 is 0. The van der Waals surface area contributed by atoms with Gasteiger partial charge in [-0.1, -0.05) is 94.9 Å². The van der Waals surface area contributed by atoms with Crippen molar-refractivity contribution >= 4 is 69.9 Å². The number of halogens is 4. The largest absolute Gasteiger partial charge is 0.292 e. The molecule has 6 nitrogen and oxygen atoms in total. The van der Waals surface area contributed by atoms with Crippen LogP contribution in [0.2, 0.25) is 20.1 Å². The number of hydrogen-bond acceptors (Lipinski definition) is 4. The summed E-state index contributed by atoms with van der Waals surface area (Å²) in [4.78, 5) is 56.6. The van der Waals surface area contributed by atoms with Crippen LogP contribution in [0.25, 0.3) is 0 Å². The second-order valence-electron chi connectivity index (χ2n) is 10.8. The number of Topliss-reactive ketones (excluding diaryl/α,β-unsaturated/α-hetero) is 1. The Balaban J connectivity index is 1.34. The molecule has 43 heavy (non-hydrogen) atoms. The fourth-order valence-corrected chi connectivity index (χ4v) is 7.87. The molecule has 8 rings (SSSR count). The molecular weight excluding hydrogens is 630 g/mol. The summed E-state index contributed by atoms with van der Waals surface area (Å²) in [5, 5.41) is 2.44. The van der Waals surface area contributed by atoms with E-state index < -0.39 is 41.9 Å². The number of benzene rings is 4. The summed E-state index contributed by atoms with van der Waals surface area (Å²) in [6, 6.07) is 24.2. The first kappa shape index (κ1) is 28.1. The lowest BCUT2D eigenvalue weighted by Gasteiger charge is -2.45. The molecular formula is C33H20Cl4N2O4. The van der Waals surface area contributed by atoms with Gasteiger partial charge in [-0.2, -0.15) is 5.01 Å². The molecule has 214 valence electrons. The summed E-state index contributed by atoms with van der Waals surface area (Å²) in [6.45, 7) is -0.648. The van der Waals surface area contributed by atoms with Crippen LogP contribution >= 0.6 is 46.4 Å². The van der Waals surface area contributed by atoms with Crippen LogP contribution in [0.15, 0.2) is 84.9 Å². The Hall–Kier alpha value is -3.68. The van der Waals surface area contributed by atoms with E-state index >= 15 is 0 Å². The van der Waals surface area contributed by atoms with Gasteiger partial charge in [-0.25, -0.2) is 5.01 Å². The number of carbonyl (C=O) groups is 4. The van der Waals surface area contributed by atoms with Gasteiger partial charge in [0.15, 0.2) is 5.78 Å². The molecule has 0 aromatic heterocycles. The minimum atomic E-state index is -0.803. The second kappa shape index (κ2) is 10.5. The lowest BCUT2D eigenvalue weighted by Crippen LogP contribution is -2.52. The summed E-state index contributed by atoms with van der Waals surface area (Å²) in [5.41, 5.74) is 4.00. The summed E-state index contributed by atoms with van der Waals surface area (Å²) in [5.74, 6) is -4.79. The maximum atomic E-state index is 14.4. The molecule has 1 fully saturated rings. The van der Waals surface area contributed by atoms with Crippen LogP contribution in [0.4, 0.5) is 0 Å². The molecule has 2 bridgehead atoms. The molecule has 0 spiro atoms. The maximum Gasteiger partial charge on any atom is 0.274 e. The van der Waals surface area contributed by atoms with Crippen LogP contribution in [0.1, 0.15) is 54.8 Å². The zero-order chi connectivity index (χ0) is 30.2. The molecule has 3 aliphatic carbocycles. The monoisotopic (exact) mass is 648 g/mol. The molecule has 0 unspecified atom stereocenters. The van der Waals surface area contributed by atoms with Crippen molar-refractivity contribution < 1.29 is 19.2 Å². The van der Waals surface area contributed by atoms with E-state index in [4.69, 9.17) is 46.4 Å². The Bertz CT molecular complexity index is 1780. The van der Waals surface area contributed by atoms with Gasteiger partial charge in [0.2, 0.25) is 0 Å². The Morgan fingerprint density at radius 1 is 0.628 bits per heavy atom.